The lowest BCUT2D eigenvalue weighted by Crippen LogP contribution is -2.21. The number of furan rings is 1. The van der Waals surface area contributed by atoms with Crippen molar-refractivity contribution in [1.29, 1.82) is 0 Å². The molecule has 2 aromatic heterocycles. The van der Waals surface area contributed by atoms with E-state index in [1.54, 1.807) is 6.08 Å². The Bertz CT molecular complexity index is 1320. The molecule has 0 aliphatic carbocycles. The Morgan fingerprint density at radius 3 is 2.48 bits per heavy atom. The van der Waals surface area contributed by atoms with Crippen molar-refractivity contribution in [2.45, 2.75) is 6.92 Å². The first-order chi connectivity index (χ1) is 15.1. The second kappa shape index (κ2) is 7.98. The van der Waals surface area contributed by atoms with Gasteiger partial charge in [-0.2, -0.15) is 10.1 Å². The van der Waals surface area contributed by atoms with Crippen molar-refractivity contribution in [1.82, 2.24) is 4.98 Å². The molecule has 2 aromatic carbocycles. The van der Waals surface area contributed by atoms with Crippen LogP contribution < -0.4 is 5.01 Å². The van der Waals surface area contributed by atoms with Gasteiger partial charge in [0.25, 0.3) is 5.91 Å². The van der Waals surface area contributed by atoms with Gasteiger partial charge in [0, 0.05) is 21.5 Å². The predicted octanol–water partition coefficient (Wildman–Crippen LogP) is 6.20. The molecule has 7 heteroatoms. The third-order valence-corrected chi connectivity index (χ3v) is 5.85. The minimum absolute atomic E-state index is 0.245. The lowest BCUT2D eigenvalue weighted by Gasteiger charge is -2.06. The molecule has 5 nitrogen and oxygen atoms in total. The van der Waals surface area contributed by atoms with Gasteiger partial charge in [-0.1, -0.05) is 54.1 Å². The molecular weight excluding hydrogens is 430 g/mol. The standard InChI is InChI=1S/C24H16ClN3O2S/c1-15-7-12-19(30-15)13-20-22(17-5-3-2-4-6-17)27-28(23(20)29)24-26-21(14-31-24)16-8-10-18(25)11-9-16/h2-14H,1H3. The fraction of sp³-hybridized carbons (Fsp3) is 0.0417. The van der Waals surface area contributed by atoms with Gasteiger partial charge in [0.2, 0.25) is 5.13 Å². The maximum absolute atomic E-state index is 13.3. The van der Waals surface area contributed by atoms with E-state index in [0.717, 1.165) is 22.6 Å². The van der Waals surface area contributed by atoms with E-state index >= 15 is 0 Å². The van der Waals surface area contributed by atoms with E-state index in [1.165, 1.54) is 16.3 Å². The summed E-state index contributed by atoms with van der Waals surface area (Å²) >= 11 is 7.35. The molecule has 0 spiro atoms. The molecule has 152 valence electrons. The minimum Gasteiger partial charge on any atom is -0.462 e. The molecule has 0 unspecified atom stereocenters. The van der Waals surface area contributed by atoms with E-state index in [4.69, 9.17) is 16.0 Å². The Kier molecular flexibility index (Phi) is 5.02. The number of benzene rings is 2. The van der Waals surface area contributed by atoms with E-state index in [1.807, 2.05) is 79.0 Å². The highest BCUT2D eigenvalue weighted by atomic mass is 35.5. The molecule has 31 heavy (non-hydrogen) atoms. The molecule has 0 saturated heterocycles. The minimum atomic E-state index is -0.245. The smallest absolute Gasteiger partial charge is 0.283 e. The summed E-state index contributed by atoms with van der Waals surface area (Å²) in [6.07, 6.45) is 1.73. The van der Waals surface area contributed by atoms with Crippen LogP contribution in [0.5, 0.6) is 0 Å². The summed E-state index contributed by atoms with van der Waals surface area (Å²) in [5.41, 5.74) is 3.58. The molecule has 5 rings (SSSR count). The van der Waals surface area contributed by atoms with Gasteiger partial charge in [0.15, 0.2) is 0 Å². The zero-order chi connectivity index (χ0) is 21.4. The third-order valence-electron chi connectivity index (χ3n) is 4.79. The molecule has 0 bridgehead atoms. The summed E-state index contributed by atoms with van der Waals surface area (Å²) in [6, 6.07) is 20.7. The Balaban J connectivity index is 1.55. The number of amides is 1. The van der Waals surface area contributed by atoms with E-state index in [0.29, 0.717) is 27.2 Å². The number of hydrogen-bond donors (Lipinski definition) is 0. The van der Waals surface area contributed by atoms with Crippen LogP contribution in [0.15, 0.2) is 87.2 Å². The number of carbonyl (C=O) groups is 1. The summed E-state index contributed by atoms with van der Waals surface area (Å²) in [5.74, 6) is 1.14. The summed E-state index contributed by atoms with van der Waals surface area (Å²) < 4.78 is 5.66. The SMILES string of the molecule is Cc1ccc(C=C2C(=O)N(c3nc(-c4ccc(Cl)cc4)cs3)N=C2c2ccccc2)o1. The molecule has 0 saturated carbocycles. The van der Waals surface area contributed by atoms with Crippen LogP contribution in [0, 0.1) is 6.92 Å². The first kappa shape index (κ1) is 19.5. The van der Waals surface area contributed by atoms with Gasteiger partial charge in [-0.05, 0) is 37.3 Å². The second-order valence-corrected chi connectivity index (χ2v) is 8.23. The molecular formula is C24H16ClN3O2S. The lowest BCUT2D eigenvalue weighted by atomic mass is 10.0. The highest BCUT2D eigenvalue weighted by molar-refractivity contribution is 7.14. The maximum atomic E-state index is 13.3. The van der Waals surface area contributed by atoms with Crippen LogP contribution in [0.1, 0.15) is 17.1 Å². The van der Waals surface area contributed by atoms with Crippen molar-refractivity contribution in [3.8, 4) is 11.3 Å². The number of hydrogen-bond acceptors (Lipinski definition) is 5. The van der Waals surface area contributed by atoms with E-state index in [2.05, 4.69) is 10.1 Å². The highest BCUT2D eigenvalue weighted by Gasteiger charge is 2.34. The number of aryl methyl sites for hydroxylation is 1. The van der Waals surface area contributed by atoms with Crippen molar-refractivity contribution in [3.63, 3.8) is 0 Å². The van der Waals surface area contributed by atoms with Crippen molar-refractivity contribution in [3.05, 3.63) is 99.8 Å². The van der Waals surface area contributed by atoms with Gasteiger partial charge in [-0.25, -0.2) is 4.98 Å². The monoisotopic (exact) mass is 445 g/mol. The second-order valence-electron chi connectivity index (χ2n) is 6.96. The number of thiazole rings is 1. The topological polar surface area (TPSA) is 58.7 Å². The Labute approximate surface area is 187 Å². The number of halogens is 1. The van der Waals surface area contributed by atoms with Gasteiger partial charge >= 0.3 is 0 Å². The molecule has 0 atom stereocenters. The van der Waals surface area contributed by atoms with Crippen LogP contribution in [0.2, 0.25) is 5.02 Å². The zero-order valence-corrected chi connectivity index (χ0v) is 18.0. The fourth-order valence-corrected chi connectivity index (χ4v) is 4.18. The quantitative estimate of drug-likeness (QED) is 0.351. The Morgan fingerprint density at radius 1 is 1.00 bits per heavy atom. The summed E-state index contributed by atoms with van der Waals surface area (Å²) in [6.45, 7) is 1.87. The Morgan fingerprint density at radius 2 is 1.77 bits per heavy atom. The molecule has 1 aliphatic heterocycles. The number of anilines is 1. The lowest BCUT2D eigenvalue weighted by molar-refractivity contribution is -0.114. The molecule has 1 aliphatic rings. The molecule has 4 aromatic rings. The maximum Gasteiger partial charge on any atom is 0.283 e. The zero-order valence-electron chi connectivity index (χ0n) is 16.4. The van der Waals surface area contributed by atoms with Gasteiger partial charge < -0.3 is 4.42 Å². The van der Waals surface area contributed by atoms with Crippen molar-refractivity contribution < 1.29 is 9.21 Å². The molecule has 0 radical (unpaired) electrons. The Hall–Kier alpha value is -3.48. The number of aromatic nitrogens is 1. The van der Waals surface area contributed by atoms with Gasteiger partial charge in [0.05, 0.1) is 11.3 Å². The van der Waals surface area contributed by atoms with E-state index in [9.17, 15) is 4.79 Å². The molecule has 1 amide bonds. The summed E-state index contributed by atoms with van der Waals surface area (Å²) in [7, 11) is 0. The van der Waals surface area contributed by atoms with Crippen LogP contribution in [0.3, 0.4) is 0 Å². The van der Waals surface area contributed by atoms with Gasteiger partial charge in [-0.3, -0.25) is 4.79 Å². The first-order valence-corrected chi connectivity index (χ1v) is 10.8. The van der Waals surface area contributed by atoms with Gasteiger partial charge in [-0.15, -0.1) is 11.3 Å². The van der Waals surface area contributed by atoms with Crippen molar-refractivity contribution >= 4 is 45.8 Å². The molecule has 3 heterocycles. The normalized spacial score (nSPS) is 15.0. The number of nitrogens with zero attached hydrogens (tertiary/aromatic N) is 3. The fourth-order valence-electron chi connectivity index (χ4n) is 3.27. The molecule has 0 fully saturated rings. The van der Waals surface area contributed by atoms with Crippen molar-refractivity contribution in [2.75, 3.05) is 5.01 Å². The predicted molar refractivity (Wildman–Crippen MR) is 124 cm³/mol. The highest BCUT2D eigenvalue weighted by Crippen LogP contribution is 2.33. The number of rotatable bonds is 4. The summed E-state index contributed by atoms with van der Waals surface area (Å²) in [4.78, 5) is 18.0. The number of carbonyl (C=O) groups excluding carboxylic acids is 1. The first-order valence-electron chi connectivity index (χ1n) is 9.57. The average molecular weight is 446 g/mol. The van der Waals surface area contributed by atoms with E-state index < -0.39 is 0 Å². The van der Waals surface area contributed by atoms with Crippen LogP contribution in [-0.4, -0.2) is 16.6 Å². The molecule has 0 N–H and O–H groups in total. The largest absolute Gasteiger partial charge is 0.462 e. The third kappa shape index (κ3) is 3.83. The van der Waals surface area contributed by atoms with Gasteiger partial charge in [0.1, 0.15) is 17.2 Å². The number of hydrazone groups is 1. The van der Waals surface area contributed by atoms with E-state index in [-0.39, 0.29) is 5.91 Å². The van der Waals surface area contributed by atoms with Crippen LogP contribution in [0.4, 0.5) is 5.13 Å². The van der Waals surface area contributed by atoms with Crippen molar-refractivity contribution in [2.24, 2.45) is 5.10 Å². The van der Waals surface area contributed by atoms with Crippen LogP contribution in [-0.2, 0) is 4.79 Å². The summed E-state index contributed by atoms with van der Waals surface area (Å²) in [5, 5.41) is 9.05. The average Bonchev–Trinajstić information content (AvgIpc) is 3.50. The van der Waals surface area contributed by atoms with Crippen LogP contribution in [0.25, 0.3) is 17.3 Å². The van der Waals surface area contributed by atoms with Crippen LogP contribution >= 0.6 is 22.9 Å².